The Bertz CT molecular complexity index is 728. The van der Waals surface area contributed by atoms with E-state index in [1.54, 1.807) is 7.05 Å². The number of rotatable bonds is 9. The first kappa shape index (κ1) is 23.3. The number of guanidine groups is 1. The molecule has 1 aromatic heterocycles. The van der Waals surface area contributed by atoms with Crippen LogP contribution >= 0.6 is 24.0 Å². The van der Waals surface area contributed by atoms with Crippen LogP contribution in [0.25, 0.3) is 10.9 Å². The Morgan fingerprint density at radius 3 is 2.67 bits per heavy atom. The zero-order chi connectivity index (χ0) is 18.8. The number of fused-ring (bicyclic) bond motifs is 1. The van der Waals surface area contributed by atoms with Gasteiger partial charge < -0.3 is 20.5 Å². The Labute approximate surface area is 179 Å². The average molecular weight is 485 g/mol. The highest BCUT2D eigenvalue weighted by molar-refractivity contribution is 14.0. The van der Waals surface area contributed by atoms with Gasteiger partial charge in [-0.2, -0.15) is 0 Å². The molecule has 6 nitrogen and oxygen atoms in total. The van der Waals surface area contributed by atoms with E-state index in [4.69, 9.17) is 0 Å². The van der Waals surface area contributed by atoms with E-state index in [0.717, 1.165) is 31.9 Å². The molecular weight excluding hydrogens is 453 g/mol. The number of hydrogen-bond acceptors (Lipinski definition) is 2. The van der Waals surface area contributed by atoms with Gasteiger partial charge in [-0.25, -0.2) is 0 Å². The predicted octanol–water partition coefficient (Wildman–Crippen LogP) is 3.12. The van der Waals surface area contributed by atoms with Crippen LogP contribution in [-0.4, -0.2) is 42.6 Å². The van der Waals surface area contributed by atoms with Crippen molar-refractivity contribution in [1.29, 1.82) is 0 Å². The number of aromatic nitrogens is 1. The van der Waals surface area contributed by atoms with E-state index in [0.29, 0.717) is 13.0 Å². The van der Waals surface area contributed by atoms with Crippen molar-refractivity contribution >= 4 is 46.7 Å². The van der Waals surface area contributed by atoms with Gasteiger partial charge in [0.15, 0.2) is 5.96 Å². The van der Waals surface area contributed by atoms with Gasteiger partial charge in [-0.3, -0.25) is 9.79 Å². The minimum Gasteiger partial charge on any atom is -0.356 e. The first-order chi connectivity index (χ1) is 12.6. The molecule has 150 valence electrons. The summed E-state index contributed by atoms with van der Waals surface area (Å²) >= 11 is 0. The molecule has 1 unspecified atom stereocenters. The minimum atomic E-state index is 0. The fourth-order valence-electron chi connectivity index (χ4n) is 2.76. The molecular formula is C20H32IN5O. The Kier molecular flexibility index (Phi) is 10.8. The van der Waals surface area contributed by atoms with Crippen LogP contribution in [-0.2, 0) is 11.3 Å². The molecule has 0 aliphatic rings. The van der Waals surface area contributed by atoms with Gasteiger partial charge in [0.1, 0.15) is 0 Å². The molecule has 2 rings (SSSR count). The highest BCUT2D eigenvalue weighted by Crippen LogP contribution is 2.15. The van der Waals surface area contributed by atoms with Crippen molar-refractivity contribution < 1.29 is 4.79 Å². The number of carbonyl (C=O) groups excluding carboxylic acids is 1. The number of aryl methyl sites for hydroxylation is 1. The second-order valence-electron chi connectivity index (χ2n) is 6.47. The van der Waals surface area contributed by atoms with Crippen molar-refractivity contribution in [3.05, 3.63) is 36.5 Å². The number of nitrogens with zero attached hydrogens (tertiary/aromatic N) is 2. The van der Waals surface area contributed by atoms with Crippen LogP contribution in [0, 0.1) is 0 Å². The van der Waals surface area contributed by atoms with E-state index < -0.39 is 0 Å². The van der Waals surface area contributed by atoms with Gasteiger partial charge in [-0.15, -0.1) is 24.0 Å². The van der Waals surface area contributed by atoms with Gasteiger partial charge in [0.05, 0.1) is 0 Å². The Morgan fingerprint density at radius 2 is 1.93 bits per heavy atom. The fraction of sp³-hybridized carbons (Fsp3) is 0.500. The van der Waals surface area contributed by atoms with Crippen LogP contribution in [0.15, 0.2) is 41.5 Å². The minimum absolute atomic E-state index is 0. The Balaban J connectivity index is 0.00000364. The summed E-state index contributed by atoms with van der Waals surface area (Å²) in [5.74, 6) is 0.806. The summed E-state index contributed by atoms with van der Waals surface area (Å²) in [6.45, 7) is 6.43. The molecule has 3 N–H and O–H groups in total. The quantitative estimate of drug-likeness (QED) is 0.221. The number of amides is 1. The number of aliphatic imine (C=N–C) groups is 1. The maximum Gasteiger partial charge on any atom is 0.221 e. The highest BCUT2D eigenvalue weighted by atomic mass is 127. The molecule has 0 aliphatic carbocycles. The summed E-state index contributed by atoms with van der Waals surface area (Å²) in [4.78, 5) is 16.0. The number of benzene rings is 1. The zero-order valence-corrected chi connectivity index (χ0v) is 18.8. The third kappa shape index (κ3) is 7.78. The largest absolute Gasteiger partial charge is 0.356 e. The lowest BCUT2D eigenvalue weighted by Gasteiger charge is -2.14. The van der Waals surface area contributed by atoms with E-state index in [-0.39, 0.29) is 35.9 Å². The highest BCUT2D eigenvalue weighted by Gasteiger charge is 2.06. The summed E-state index contributed by atoms with van der Waals surface area (Å²) in [6, 6.07) is 10.8. The van der Waals surface area contributed by atoms with Crippen molar-refractivity contribution in [2.24, 2.45) is 4.99 Å². The molecule has 27 heavy (non-hydrogen) atoms. The van der Waals surface area contributed by atoms with Gasteiger partial charge in [-0.05, 0) is 37.3 Å². The molecule has 1 amide bonds. The van der Waals surface area contributed by atoms with E-state index in [1.807, 2.05) is 6.92 Å². The van der Waals surface area contributed by atoms with Crippen molar-refractivity contribution in [3.8, 4) is 0 Å². The van der Waals surface area contributed by atoms with Gasteiger partial charge in [0, 0.05) is 50.9 Å². The summed E-state index contributed by atoms with van der Waals surface area (Å²) < 4.78 is 2.27. The van der Waals surface area contributed by atoms with Crippen LogP contribution in [0.3, 0.4) is 0 Å². The lowest BCUT2D eigenvalue weighted by Crippen LogP contribution is -2.40. The fourth-order valence-corrected chi connectivity index (χ4v) is 2.76. The van der Waals surface area contributed by atoms with Gasteiger partial charge >= 0.3 is 0 Å². The topological polar surface area (TPSA) is 70.4 Å². The van der Waals surface area contributed by atoms with E-state index >= 15 is 0 Å². The van der Waals surface area contributed by atoms with Crippen molar-refractivity contribution in [2.75, 3.05) is 20.1 Å². The molecule has 1 aromatic carbocycles. The second-order valence-corrected chi connectivity index (χ2v) is 6.47. The molecule has 1 heterocycles. The van der Waals surface area contributed by atoms with Crippen molar-refractivity contribution in [3.63, 3.8) is 0 Å². The molecule has 0 saturated heterocycles. The number of para-hydroxylation sites is 1. The molecule has 1 atom stereocenters. The average Bonchev–Trinajstić information content (AvgIpc) is 3.06. The number of halogens is 1. The van der Waals surface area contributed by atoms with E-state index in [1.165, 1.54) is 10.9 Å². The van der Waals surface area contributed by atoms with Gasteiger partial charge in [0.25, 0.3) is 0 Å². The third-order valence-corrected chi connectivity index (χ3v) is 4.44. The first-order valence-electron chi connectivity index (χ1n) is 9.41. The van der Waals surface area contributed by atoms with Gasteiger partial charge in [0.2, 0.25) is 5.91 Å². The van der Waals surface area contributed by atoms with Crippen LogP contribution in [0.1, 0.15) is 33.1 Å². The summed E-state index contributed by atoms with van der Waals surface area (Å²) in [6.07, 6.45) is 4.51. The van der Waals surface area contributed by atoms with E-state index in [9.17, 15) is 4.79 Å². The molecule has 2 aromatic rings. The number of nitrogens with one attached hydrogen (secondary N) is 3. The van der Waals surface area contributed by atoms with Crippen LogP contribution in [0.5, 0.6) is 0 Å². The normalized spacial score (nSPS) is 12.3. The Morgan fingerprint density at radius 1 is 1.19 bits per heavy atom. The number of hydrogen-bond donors (Lipinski definition) is 3. The first-order valence-corrected chi connectivity index (χ1v) is 9.41. The molecule has 7 heteroatoms. The van der Waals surface area contributed by atoms with Crippen LogP contribution < -0.4 is 16.0 Å². The van der Waals surface area contributed by atoms with Crippen molar-refractivity contribution in [2.45, 2.75) is 45.7 Å². The smallest absolute Gasteiger partial charge is 0.221 e. The standard InChI is InChI=1S/C20H31N5O.HI/c1-4-16(2)24-19(26)10-13-23-20(21-3)22-12-7-14-25-15-11-17-8-5-6-9-18(17)25;/h5-6,8-9,11,15-16H,4,7,10,12-14H2,1-3H3,(H,24,26)(H2,21,22,23);1H. The lowest BCUT2D eigenvalue weighted by molar-refractivity contribution is -0.121. The summed E-state index contributed by atoms with van der Waals surface area (Å²) in [7, 11) is 1.74. The number of carbonyl (C=O) groups is 1. The maximum absolute atomic E-state index is 11.8. The maximum atomic E-state index is 11.8. The van der Waals surface area contributed by atoms with Crippen molar-refractivity contribution in [1.82, 2.24) is 20.5 Å². The summed E-state index contributed by atoms with van der Waals surface area (Å²) in [5.41, 5.74) is 1.27. The van der Waals surface area contributed by atoms with Gasteiger partial charge in [-0.1, -0.05) is 25.1 Å². The Hall–Kier alpha value is -1.77. The monoisotopic (exact) mass is 485 g/mol. The second kappa shape index (κ2) is 12.6. The zero-order valence-electron chi connectivity index (χ0n) is 16.5. The summed E-state index contributed by atoms with van der Waals surface area (Å²) in [5, 5.41) is 10.7. The molecule has 0 aliphatic heterocycles. The third-order valence-electron chi connectivity index (χ3n) is 4.44. The lowest BCUT2D eigenvalue weighted by atomic mass is 10.2. The molecule has 0 fully saturated rings. The molecule has 0 radical (unpaired) electrons. The molecule has 0 spiro atoms. The molecule has 0 bridgehead atoms. The van der Waals surface area contributed by atoms with E-state index in [2.05, 4.69) is 69.0 Å². The van der Waals surface area contributed by atoms with Crippen LogP contribution in [0.4, 0.5) is 0 Å². The SMILES string of the molecule is CCC(C)NC(=O)CCNC(=NC)NCCCn1ccc2ccccc21.I. The van der Waals surface area contributed by atoms with Crippen LogP contribution in [0.2, 0.25) is 0 Å². The predicted molar refractivity (Wildman–Crippen MR) is 124 cm³/mol. The molecule has 0 saturated carbocycles.